The van der Waals surface area contributed by atoms with Gasteiger partial charge in [0.25, 0.3) is 0 Å². The first kappa shape index (κ1) is 10.1. The van der Waals surface area contributed by atoms with Crippen molar-refractivity contribution in [2.45, 2.75) is 44.3 Å². The lowest BCUT2D eigenvalue weighted by Gasteiger charge is -2.60. The molecule has 0 heterocycles. The van der Waals surface area contributed by atoms with Gasteiger partial charge in [-0.25, -0.2) is 0 Å². The highest BCUT2D eigenvalue weighted by atomic mass is 16.5. The number of rotatable bonds is 2. The second kappa shape index (κ2) is 2.96. The second-order valence-corrected chi connectivity index (χ2v) is 6.22. The van der Waals surface area contributed by atoms with E-state index in [-0.39, 0.29) is 12.0 Å². The SMILES string of the molecule is NCC(O)(O)C12CC3CC(CC(C3)C1)C2. The fourth-order valence-corrected chi connectivity index (χ4v) is 4.82. The van der Waals surface area contributed by atoms with Crippen molar-refractivity contribution < 1.29 is 10.2 Å². The van der Waals surface area contributed by atoms with Gasteiger partial charge in [0.1, 0.15) is 0 Å². The van der Waals surface area contributed by atoms with E-state index in [1.165, 1.54) is 19.3 Å². The molecule has 86 valence electrons. The lowest BCUT2D eigenvalue weighted by molar-refractivity contribution is -0.280. The smallest absolute Gasteiger partial charge is 0.180 e. The zero-order valence-electron chi connectivity index (χ0n) is 9.15. The first-order valence-electron chi connectivity index (χ1n) is 6.19. The zero-order chi connectivity index (χ0) is 10.7. The molecule has 0 atom stereocenters. The molecule has 4 fully saturated rings. The Bertz CT molecular complexity index is 240. The van der Waals surface area contributed by atoms with Crippen molar-refractivity contribution in [2.24, 2.45) is 28.9 Å². The third kappa shape index (κ3) is 1.30. The molecule has 0 aromatic rings. The highest BCUT2D eigenvalue weighted by Crippen LogP contribution is 2.62. The van der Waals surface area contributed by atoms with Crippen LogP contribution in [0.15, 0.2) is 0 Å². The molecular formula is C12H21NO2. The Morgan fingerprint density at radius 2 is 1.40 bits per heavy atom. The summed E-state index contributed by atoms with van der Waals surface area (Å²) in [6, 6.07) is 0. The minimum Gasteiger partial charge on any atom is -0.364 e. The summed E-state index contributed by atoms with van der Waals surface area (Å²) in [6.07, 6.45) is 6.93. The van der Waals surface area contributed by atoms with Crippen LogP contribution in [0.3, 0.4) is 0 Å². The van der Waals surface area contributed by atoms with E-state index in [0.717, 1.165) is 37.0 Å². The molecule has 0 aromatic heterocycles. The van der Waals surface area contributed by atoms with E-state index in [9.17, 15) is 10.2 Å². The lowest BCUT2D eigenvalue weighted by Crippen LogP contribution is -2.61. The first-order valence-corrected chi connectivity index (χ1v) is 6.19. The van der Waals surface area contributed by atoms with E-state index >= 15 is 0 Å². The Hall–Kier alpha value is -0.120. The largest absolute Gasteiger partial charge is 0.364 e. The maximum Gasteiger partial charge on any atom is 0.180 e. The number of nitrogens with two attached hydrogens (primary N) is 1. The summed E-state index contributed by atoms with van der Waals surface area (Å²) in [5.41, 5.74) is 5.26. The normalized spacial score (nSPS) is 48.6. The maximum absolute atomic E-state index is 10.1. The summed E-state index contributed by atoms with van der Waals surface area (Å²) in [4.78, 5) is 0. The van der Waals surface area contributed by atoms with Gasteiger partial charge in [-0.1, -0.05) is 0 Å². The summed E-state index contributed by atoms with van der Waals surface area (Å²) < 4.78 is 0. The van der Waals surface area contributed by atoms with Gasteiger partial charge in [-0.15, -0.1) is 0 Å². The van der Waals surface area contributed by atoms with Crippen LogP contribution in [0, 0.1) is 23.2 Å². The van der Waals surface area contributed by atoms with E-state index in [1.54, 1.807) is 0 Å². The van der Waals surface area contributed by atoms with E-state index < -0.39 is 5.79 Å². The Kier molecular flexibility index (Phi) is 1.99. The van der Waals surface area contributed by atoms with Crippen molar-refractivity contribution in [1.29, 1.82) is 0 Å². The summed E-state index contributed by atoms with van der Waals surface area (Å²) in [7, 11) is 0. The van der Waals surface area contributed by atoms with Crippen LogP contribution in [0.2, 0.25) is 0 Å². The van der Waals surface area contributed by atoms with E-state index in [1.807, 2.05) is 0 Å². The Morgan fingerprint density at radius 1 is 1.00 bits per heavy atom. The Labute approximate surface area is 90.7 Å². The third-order valence-corrected chi connectivity index (χ3v) is 5.17. The van der Waals surface area contributed by atoms with Crippen LogP contribution in [0.25, 0.3) is 0 Å². The lowest BCUT2D eigenvalue weighted by atomic mass is 9.47. The summed E-state index contributed by atoms with van der Waals surface area (Å²) >= 11 is 0. The maximum atomic E-state index is 10.1. The van der Waals surface area contributed by atoms with Gasteiger partial charge in [0.05, 0.1) is 0 Å². The molecule has 4 aliphatic carbocycles. The number of hydrogen-bond acceptors (Lipinski definition) is 3. The zero-order valence-corrected chi connectivity index (χ0v) is 9.15. The van der Waals surface area contributed by atoms with Gasteiger partial charge >= 0.3 is 0 Å². The van der Waals surface area contributed by atoms with Gasteiger partial charge in [-0.3, -0.25) is 0 Å². The topological polar surface area (TPSA) is 66.5 Å². The quantitative estimate of drug-likeness (QED) is 0.593. The van der Waals surface area contributed by atoms with Crippen molar-refractivity contribution in [2.75, 3.05) is 6.54 Å². The molecule has 0 amide bonds. The standard InChI is InChI=1S/C12H21NO2/c13-7-12(14,15)11-4-8-1-9(5-11)3-10(2-8)6-11/h8-10,14-15H,1-7,13H2. The van der Waals surface area contributed by atoms with Gasteiger partial charge in [-0.05, 0) is 56.3 Å². The van der Waals surface area contributed by atoms with Gasteiger partial charge in [0, 0.05) is 12.0 Å². The second-order valence-electron chi connectivity index (χ2n) is 6.22. The molecular weight excluding hydrogens is 190 g/mol. The third-order valence-electron chi connectivity index (χ3n) is 5.17. The molecule has 3 nitrogen and oxygen atoms in total. The van der Waals surface area contributed by atoms with Gasteiger partial charge in [-0.2, -0.15) is 0 Å². The van der Waals surface area contributed by atoms with Crippen LogP contribution < -0.4 is 5.73 Å². The van der Waals surface area contributed by atoms with Crippen LogP contribution in [-0.4, -0.2) is 22.5 Å². The van der Waals surface area contributed by atoms with Crippen LogP contribution in [0.4, 0.5) is 0 Å². The fraction of sp³-hybridized carbons (Fsp3) is 1.00. The molecule has 4 aliphatic rings. The highest BCUT2D eigenvalue weighted by Gasteiger charge is 2.59. The molecule has 4 saturated carbocycles. The highest BCUT2D eigenvalue weighted by molar-refractivity contribution is 5.06. The van der Waals surface area contributed by atoms with Crippen LogP contribution in [-0.2, 0) is 0 Å². The number of aliphatic hydroxyl groups is 2. The molecule has 0 radical (unpaired) electrons. The number of hydrogen-bond donors (Lipinski definition) is 3. The molecule has 0 saturated heterocycles. The molecule has 3 heteroatoms. The average molecular weight is 211 g/mol. The van der Waals surface area contributed by atoms with Crippen LogP contribution in [0.5, 0.6) is 0 Å². The predicted molar refractivity (Wildman–Crippen MR) is 56.8 cm³/mol. The van der Waals surface area contributed by atoms with Crippen molar-refractivity contribution in [1.82, 2.24) is 0 Å². The van der Waals surface area contributed by atoms with Crippen LogP contribution >= 0.6 is 0 Å². The molecule has 0 aromatic carbocycles. The van der Waals surface area contributed by atoms with Gasteiger partial charge < -0.3 is 15.9 Å². The van der Waals surface area contributed by atoms with Gasteiger partial charge in [0.15, 0.2) is 5.79 Å². The van der Waals surface area contributed by atoms with Gasteiger partial charge in [0.2, 0.25) is 0 Å². The van der Waals surface area contributed by atoms with Crippen molar-refractivity contribution in [3.05, 3.63) is 0 Å². The fourth-order valence-electron chi connectivity index (χ4n) is 4.82. The van der Waals surface area contributed by atoms with Crippen molar-refractivity contribution in [3.8, 4) is 0 Å². The van der Waals surface area contributed by atoms with Crippen molar-refractivity contribution >= 4 is 0 Å². The minimum absolute atomic E-state index is 0.0147. The Morgan fingerprint density at radius 3 is 1.73 bits per heavy atom. The summed E-state index contributed by atoms with van der Waals surface area (Å²) in [5.74, 6) is 0.590. The molecule has 0 unspecified atom stereocenters. The summed E-state index contributed by atoms with van der Waals surface area (Å²) in [5, 5.41) is 20.2. The van der Waals surface area contributed by atoms with E-state index in [2.05, 4.69) is 0 Å². The monoisotopic (exact) mass is 211 g/mol. The predicted octanol–water partition coefficient (Wildman–Crippen LogP) is 0.842. The molecule has 4 bridgehead atoms. The molecule has 0 spiro atoms. The minimum atomic E-state index is -1.62. The Balaban J connectivity index is 1.93. The first-order chi connectivity index (χ1) is 7.05. The summed E-state index contributed by atoms with van der Waals surface area (Å²) in [6.45, 7) is -0.0147. The van der Waals surface area contributed by atoms with E-state index in [0.29, 0.717) is 0 Å². The van der Waals surface area contributed by atoms with Crippen LogP contribution in [0.1, 0.15) is 38.5 Å². The molecule has 4 N–H and O–H groups in total. The molecule has 15 heavy (non-hydrogen) atoms. The van der Waals surface area contributed by atoms with Crippen molar-refractivity contribution in [3.63, 3.8) is 0 Å². The molecule has 0 aliphatic heterocycles. The molecule has 4 rings (SSSR count). The average Bonchev–Trinajstić information content (AvgIpc) is 2.15. The van der Waals surface area contributed by atoms with E-state index in [4.69, 9.17) is 5.73 Å².